The van der Waals surface area contributed by atoms with Gasteiger partial charge in [0.1, 0.15) is 23.0 Å². The van der Waals surface area contributed by atoms with Crippen LogP contribution in [0.5, 0.6) is 0 Å². The Morgan fingerprint density at radius 3 is 2.39 bits per heavy atom. The lowest BCUT2D eigenvalue weighted by molar-refractivity contribution is 0.0922. The molecule has 4 aromatic rings. The van der Waals surface area contributed by atoms with Crippen LogP contribution >= 0.6 is 11.3 Å². The van der Waals surface area contributed by atoms with E-state index in [4.69, 9.17) is 4.98 Å². The largest absolute Gasteiger partial charge is 0.349 e. The highest BCUT2D eigenvalue weighted by molar-refractivity contribution is 7.22. The van der Waals surface area contributed by atoms with Crippen LogP contribution < -0.4 is 10.2 Å². The lowest BCUT2D eigenvalue weighted by Crippen LogP contribution is -2.45. The van der Waals surface area contributed by atoms with Gasteiger partial charge in [-0.1, -0.05) is 17.4 Å². The summed E-state index contributed by atoms with van der Waals surface area (Å²) in [5, 5.41) is 8.12. The second-order valence-corrected chi connectivity index (χ2v) is 8.93. The number of carbonyl (C=O) groups excluding carboxylic acids is 1. The van der Waals surface area contributed by atoms with E-state index in [1.54, 1.807) is 16.8 Å². The van der Waals surface area contributed by atoms with Gasteiger partial charge in [0.25, 0.3) is 5.91 Å². The summed E-state index contributed by atoms with van der Waals surface area (Å²) in [5.41, 5.74) is 1.73. The van der Waals surface area contributed by atoms with E-state index in [2.05, 4.69) is 15.3 Å². The fourth-order valence-corrected chi connectivity index (χ4v) is 5.05. The smallest absolute Gasteiger partial charge is 0.257 e. The molecule has 2 aromatic carbocycles. The number of piperidine rings is 1. The highest BCUT2D eigenvalue weighted by Crippen LogP contribution is 2.33. The Labute approximate surface area is 191 Å². The van der Waals surface area contributed by atoms with E-state index >= 15 is 0 Å². The number of carbonyl (C=O) groups is 1. The van der Waals surface area contributed by atoms with E-state index < -0.39 is 23.1 Å². The molecule has 0 spiro atoms. The van der Waals surface area contributed by atoms with Crippen molar-refractivity contribution in [2.45, 2.75) is 25.8 Å². The summed E-state index contributed by atoms with van der Waals surface area (Å²) in [5.74, 6) is -2.79. The minimum absolute atomic E-state index is 0.182. The van der Waals surface area contributed by atoms with Gasteiger partial charge < -0.3 is 10.2 Å². The van der Waals surface area contributed by atoms with Crippen molar-refractivity contribution in [3.05, 3.63) is 71.2 Å². The van der Waals surface area contributed by atoms with Crippen LogP contribution in [0.25, 0.3) is 16.0 Å². The molecule has 10 heteroatoms. The highest BCUT2D eigenvalue weighted by atomic mass is 32.1. The molecule has 1 aliphatic rings. The molecule has 3 heterocycles. The number of rotatable bonds is 4. The van der Waals surface area contributed by atoms with Crippen molar-refractivity contribution >= 4 is 32.7 Å². The third-order valence-corrected chi connectivity index (χ3v) is 6.95. The predicted octanol–water partition coefficient (Wildman–Crippen LogP) is 4.61. The van der Waals surface area contributed by atoms with E-state index in [1.165, 1.54) is 29.5 Å². The maximum Gasteiger partial charge on any atom is 0.257 e. The number of amides is 1. The predicted molar refractivity (Wildman–Crippen MR) is 120 cm³/mol. The SMILES string of the molecule is Cc1nn(-c2ccc(F)cc2)c2nc(N3CCC(NC(=O)c4c(F)cccc4F)CC3)sc12. The number of nitrogens with one attached hydrogen (secondary N) is 1. The van der Waals surface area contributed by atoms with Crippen molar-refractivity contribution in [2.24, 2.45) is 0 Å². The lowest BCUT2D eigenvalue weighted by atomic mass is 10.0. The number of nitrogens with zero attached hydrogens (tertiary/aromatic N) is 4. The van der Waals surface area contributed by atoms with Gasteiger partial charge in [0.2, 0.25) is 0 Å². The van der Waals surface area contributed by atoms with E-state index in [0.717, 1.165) is 33.3 Å². The number of fused-ring (bicyclic) bond motifs is 1. The second kappa shape index (κ2) is 8.51. The van der Waals surface area contributed by atoms with E-state index in [1.807, 2.05) is 6.92 Å². The van der Waals surface area contributed by atoms with Gasteiger partial charge in [-0.15, -0.1) is 0 Å². The first-order valence-electron chi connectivity index (χ1n) is 10.5. The Morgan fingerprint density at radius 1 is 1.06 bits per heavy atom. The summed E-state index contributed by atoms with van der Waals surface area (Å²) in [6, 6.07) is 9.29. The van der Waals surface area contributed by atoms with Crippen molar-refractivity contribution < 1.29 is 18.0 Å². The van der Waals surface area contributed by atoms with Crippen LogP contribution in [0.3, 0.4) is 0 Å². The molecule has 2 aromatic heterocycles. The maximum atomic E-state index is 13.9. The van der Waals surface area contributed by atoms with Gasteiger partial charge in [0, 0.05) is 19.1 Å². The molecule has 0 bridgehead atoms. The zero-order valence-electron chi connectivity index (χ0n) is 17.7. The first-order valence-corrected chi connectivity index (χ1v) is 11.3. The molecule has 0 radical (unpaired) electrons. The van der Waals surface area contributed by atoms with Gasteiger partial charge in [-0.05, 0) is 56.2 Å². The van der Waals surface area contributed by atoms with Crippen LogP contribution in [0.2, 0.25) is 0 Å². The Balaban J connectivity index is 1.29. The average molecular weight is 472 g/mol. The summed E-state index contributed by atoms with van der Waals surface area (Å²) in [4.78, 5) is 19.3. The fraction of sp³-hybridized carbons (Fsp3) is 0.261. The van der Waals surface area contributed by atoms with Gasteiger partial charge in [-0.25, -0.2) is 17.9 Å². The topological polar surface area (TPSA) is 63.1 Å². The monoisotopic (exact) mass is 471 g/mol. The molecule has 1 aliphatic heterocycles. The van der Waals surface area contributed by atoms with Crippen LogP contribution in [0, 0.1) is 24.4 Å². The third-order valence-electron chi connectivity index (χ3n) is 5.74. The molecule has 0 unspecified atom stereocenters. The minimum Gasteiger partial charge on any atom is -0.349 e. The quantitative estimate of drug-likeness (QED) is 0.472. The van der Waals surface area contributed by atoms with Crippen LogP contribution in [0.4, 0.5) is 18.3 Å². The summed E-state index contributed by atoms with van der Waals surface area (Å²) in [6.07, 6.45) is 1.25. The maximum absolute atomic E-state index is 13.9. The normalized spacial score (nSPS) is 14.7. The van der Waals surface area contributed by atoms with Crippen LogP contribution in [0.15, 0.2) is 42.5 Å². The number of benzene rings is 2. The number of anilines is 1. The van der Waals surface area contributed by atoms with E-state index in [9.17, 15) is 18.0 Å². The Hall–Kier alpha value is -3.40. The summed E-state index contributed by atoms with van der Waals surface area (Å²) >= 11 is 1.54. The molecule has 0 atom stereocenters. The van der Waals surface area contributed by atoms with Gasteiger partial charge in [-0.3, -0.25) is 4.79 Å². The molecular formula is C23H20F3N5OS. The summed E-state index contributed by atoms with van der Waals surface area (Å²) in [7, 11) is 0. The van der Waals surface area contributed by atoms with Crippen molar-refractivity contribution in [1.82, 2.24) is 20.1 Å². The van der Waals surface area contributed by atoms with Gasteiger partial charge in [0.05, 0.1) is 16.1 Å². The molecule has 5 rings (SSSR count). The first kappa shape index (κ1) is 21.4. The number of hydrogen-bond acceptors (Lipinski definition) is 5. The Morgan fingerprint density at radius 2 is 1.73 bits per heavy atom. The van der Waals surface area contributed by atoms with Crippen molar-refractivity contribution in [1.29, 1.82) is 0 Å². The van der Waals surface area contributed by atoms with Crippen LogP contribution in [-0.2, 0) is 0 Å². The first-order chi connectivity index (χ1) is 15.9. The lowest BCUT2D eigenvalue weighted by Gasteiger charge is -2.32. The van der Waals surface area contributed by atoms with Crippen LogP contribution in [-0.4, -0.2) is 39.8 Å². The van der Waals surface area contributed by atoms with Crippen molar-refractivity contribution in [3.63, 3.8) is 0 Å². The second-order valence-electron chi connectivity index (χ2n) is 7.95. The molecule has 1 N–H and O–H groups in total. The van der Waals surface area contributed by atoms with Crippen LogP contribution in [0.1, 0.15) is 28.9 Å². The highest BCUT2D eigenvalue weighted by Gasteiger charge is 2.26. The van der Waals surface area contributed by atoms with Gasteiger partial charge >= 0.3 is 0 Å². The third kappa shape index (κ3) is 4.06. The molecule has 1 fully saturated rings. The Kier molecular flexibility index (Phi) is 5.53. The molecule has 170 valence electrons. The molecule has 6 nitrogen and oxygen atoms in total. The zero-order chi connectivity index (χ0) is 23.1. The number of thiazole rings is 1. The molecule has 33 heavy (non-hydrogen) atoms. The van der Waals surface area contributed by atoms with E-state index in [0.29, 0.717) is 31.6 Å². The van der Waals surface area contributed by atoms with E-state index in [-0.39, 0.29) is 11.9 Å². The van der Waals surface area contributed by atoms with Crippen molar-refractivity contribution in [3.8, 4) is 5.69 Å². The minimum atomic E-state index is -0.870. The molecule has 1 amide bonds. The molecule has 0 saturated carbocycles. The summed E-state index contributed by atoms with van der Waals surface area (Å²) < 4.78 is 43.7. The average Bonchev–Trinajstić information content (AvgIpc) is 3.35. The summed E-state index contributed by atoms with van der Waals surface area (Å²) in [6.45, 7) is 3.20. The molecule has 0 aliphatic carbocycles. The molecule has 1 saturated heterocycles. The van der Waals surface area contributed by atoms with Crippen molar-refractivity contribution in [2.75, 3.05) is 18.0 Å². The number of aromatic nitrogens is 3. The number of hydrogen-bond donors (Lipinski definition) is 1. The fourth-order valence-electron chi connectivity index (χ4n) is 4.01. The number of aryl methyl sites for hydroxylation is 1. The standard InChI is InChI=1S/C23H20F3N5OS/c1-13-20-21(31(29-13)16-7-5-14(24)6-8-16)28-23(33-20)30-11-9-15(10-12-30)27-22(32)19-17(25)3-2-4-18(19)26/h2-8,15H,9-12H2,1H3,(H,27,32). The Bertz CT molecular complexity index is 1310. The molecular weight excluding hydrogens is 451 g/mol. The zero-order valence-corrected chi connectivity index (χ0v) is 18.5. The van der Waals surface area contributed by atoms with Gasteiger partial charge in [-0.2, -0.15) is 10.1 Å². The van der Waals surface area contributed by atoms with Gasteiger partial charge in [0.15, 0.2) is 10.8 Å². The number of halogens is 3.